The van der Waals surface area contributed by atoms with Crippen LogP contribution in [-0.4, -0.2) is 36.5 Å². The van der Waals surface area contributed by atoms with E-state index in [9.17, 15) is 0 Å². The van der Waals surface area contributed by atoms with Crippen LogP contribution in [0.3, 0.4) is 0 Å². The average molecular weight is 204 g/mol. The molecule has 0 aromatic heterocycles. The highest BCUT2D eigenvalue weighted by atomic mass is 16.5. The van der Waals surface area contributed by atoms with E-state index in [-0.39, 0.29) is 18.0 Å². The minimum Gasteiger partial charge on any atom is -0.409 e. The minimum absolute atomic E-state index is 0.108. The number of nitrogens with two attached hydrogens (primary N) is 1. The lowest BCUT2D eigenvalue weighted by Crippen LogP contribution is -2.32. The van der Waals surface area contributed by atoms with Gasteiger partial charge in [-0.1, -0.05) is 12.1 Å². The standard InChI is InChI=1S/C9H20N2O3/c1-4-8(9(10)11-12)14-6-5-13-7(2)3/h7-8,12H,4-6H2,1-3H3,(H2,10,11). The predicted molar refractivity (Wildman–Crippen MR) is 54.5 cm³/mol. The number of rotatable bonds is 7. The van der Waals surface area contributed by atoms with Crippen LogP contribution in [0.1, 0.15) is 27.2 Å². The zero-order chi connectivity index (χ0) is 11.0. The fourth-order valence-electron chi connectivity index (χ4n) is 0.951. The van der Waals surface area contributed by atoms with Crippen molar-refractivity contribution in [2.45, 2.75) is 39.4 Å². The third-order valence-electron chi connectivity index (χ3n) is 1.67. The molecule has 0 aliphatic heterocycles. The van der Waals surface area contributed by atoms with Gasteiger partial charge in [0.05, 0.1) is 19.3 Å². The zero-order valence-corrected chi connectivity index (χ0v) is 9.06. The monoisotopic (exact) mass is 204 g/mol. The van der Waals surface area contributed by atoms with Crippen molar-refractivity contribution in [3.63, 3.8) is 0 Å². The molecule has 14 heavy (non-hydrogen) atoms. The van der Waals surface area contributed by atoms with Gasteiger partial charge in [-0.15, -0.1) is 0 Å². The van der Waals surface area contributed by atoms with E-state index in [1.165, 1.54) is 0 Å². The van der Waals surface area contributed by atoms with Crippen LogP contribution in [-0.2, 0) is 9.47 Å². The maximum absolute atomic E-state index is 8.43. The summed E-state index contributed by atoms with van der Waals surface area (Å²) in [4.78, 5) is 0. The lowest BCUT2D eigenvalue weighted by molar-refractivity contribution is 0.00506. The maximum atomic E-state index is 8.43. The molecule has 84 valence electrons. The van der Waals surface area contributed by atoms with Gasteiger partial charge >= 0.3 is 0 Å². The van der Waals surface area contributed by atoms with Crippen molar-refractivity contribution < 1.29 is 14.7 Å². The summed E-state index contributed by atoms with van der Waals surface area (Å²) in [6.07, 6.45) is 0.552. The Morgan fingerprint density at radius 2 is 1.93 bits per heavy atom. The highest BCUT2D eigenvalue weighted by Crippen LogP contribution is 1.98. The molecule has 0 saturated heterocycles. The maximum Gasteiger partial charge on any atom is 0.168 e. The molecule has 0 aromatic carbocycles. The summed E-state index contributed by atoms with van der Waals surface area (Å²) >= 11 is 0. The average Bonchev–Trinajstić information content (AvgIpc) is 2.16. The minimum atomic E-state index is -0.323. The van der Waals surface area contributed by atoms with Crippen molar-refractivity contribution in [3.05, 3.63) is 0 Å². The van der Waals surface area contributed by atoms with E-state index in [1.807, 2.05) is 20.8 Å². The second-order valence-electron chi connectivity index (χ2n) is 3.21. The Kier molecular flexibility index (Phi) is 7.14. The van der Waals surface area contributed by atoms with E-state index in [4.69, 9.17) is 20.4 Å². The fourth-order valence-corrected chi connectivity index (χ4v) is 0.951. The molecule has 5 nitrogen and oxygen atoms in total. The molecule has 0 spiro atoms. The highest BCUT2D eigenvalue weighted by Gasteiger charge is 2.11. The topological polar surface area (TPSA) is 77.1 Å². The van der Waals surface area contributed by atoms with Crippen LogP contribution in [0.4, 0.5) is 0 Å². The number of amidine groups is 1. The fraction of sp³-hybridized carbons (Fsp3) is 0.889. The molecule has 0 fully saturated rings. The second-order valence-corrected chi connectivity index (χ2v) is 3.21. The first-order chi connectivity index (χ1) is 6.61. The summed E-state index contributed by atoms with van der Waals surface area (Å²) in [5, 5.41) is 11.3. The van der Waals surface area contributed by atoms with E-state index >= 15 is 0 Å². The van der Waals surface area contributed by atoms with E-state index in [0.717, 1.165) is 0 Å². The van der Waals surface area contributed by atoms with Gasteiger partial charge < -0.3 is 20.4 Å². The van der Waals surface area contributed by atoms with Crippen molar-refractivity contribution >= 4 is 5.84 Å². The van der Waals surface area contributed by atoms with E-state index in [1.54, 1.807) is 0 Å². The van der Waals surface area contributed by atoms with Gasteiger partial charge in [0, 0.05) is 0 Å². The normalized spacial score (nSPS) is 14.7. The molecule has 0 aliphatic rings. The smallest absolute Gasteiger partial charge is 0.168 e. The van der Waals surface area contributed by atoms with Gasteiger partial charge in [-0.2, -0.15) is 0 Å². The first-order valence-corrected chi connectivity index (χ1v) is 4.82. The Labute approximate surface area is 84.9 Å². The van der Waals surface area contributed by atoms with Gasteiger partial charge in [0.2, 0.25) is 0 Å². The Morgan fingerprint density at radius 3 is 2.36 bits per heavy atom. The van der Waals surface area contributed by atoms with Gasteiger partial charge in [-0.25, -0.2) is 0 Å². The van der Waals surface area contributed by atoms with Crippen molar-refractivity contribution in [2.24, 2.45) is 10.9 Å². The molecule has 1 unspecified atom stereocenters. The number of ether oxygens (including phenoxy) is 2. The number of hydrogen-bond donors (Lipinski definition) is 2. The van der Waals surface area contributed by atoms with E-state index < -0.39 is 0 Å². The van der Waals surface area contributed by atoms with Crippen LogP contribution in [0.15, 0.2) is 5.16 Å². The SMILES string of the molecule is CCC(OCCOC(C)C)C(N)=NO. The lowest BCUT2D eigenvalue weighted by atomic mass is 10.2. The Hall–Kier alpha value is -0.810. The molecule has 1 atom stereocenters. The lowest BCUT2D eigenvalue weighted by Gasteiger charge is -2.15. The second kappa shape index (κ2) is 7.58. The number of nitrogens with zero attached hydrogens (tertiary/aromatic N) is 1. The van der Waals surface area contributed by atoms with E-state index in [2.05, 4.69) is 5.16 Å². The Bertz CT molecular complexity index is 171. The van der Waals surface area contributed by atoms with Gasteiger partial charge in [-0.05, 0) is 20.3 Å². The summed E-state index contributed by atoms with van der Waals surface area (Å²) in [5.41, 5.74) is 5.40. The number of hydrogen-bond acceptors (Lipinski definition) is 4. The third-order valence-corrected chi connectivity index (χ3v) is 1.67. The van der Waals surface area contributed by atoms with Gasteiger partial charge in [0.15, 0.2) is 5.84 Å². The predicted octanol–water partition coefficient (Wildman–Crippen LogP) is 0.953. The molecular formula is C9H20N2O3. The Balaban J connectivity index is 3.64. The molecular weight excluding hydrogens is 184 g/mol. The van der Waals surface area contributed by atoms with Crippen LogP contribution >= 0.6 is 0 Å². The Morgan fingerprint density at radius 1 is 1.36 bits per heavy atom. The van der Waals surface area contributed by atoms with Gasteiger partial charge in [-0.3, -0.25) is 0 Å². The zero-order valence-electron chi connectivity index (χ0n) is 9.06. The summed E-state index contributed by atoms with van der Waals surface area (Å²) < 4.78 is 10.6. The summed E-state index contributed by atoms with van der Waals surface area (Å²) in [5.74, 6) is 0.108. The molecule has 3 N–H and O–H groups in total. The van der Waals surface area contributed by atoms with Crippen LogP contribution in [0.25, 0.3) is 0 Å². The summed E-state index contributed by atoms with van der Waals surface area (Å²) in [6, 6.07) is 0. The molecule has 0 saturated carbocycles. The molecule has 5 heteroatoms. The van der Waals surface area contributed by atoms with Crippen LogP contribution in [0, 0.1) is 0 Å². The van der Waals surface area contributed by atoms with Crippen LogP contribution in [0.5, 0.6) is 0 Å². The van der Waals surface area contributed by atoms with Crippen LogP contribution < -0.4 is 5.73 Å². The van der Waals surface area contributed by atoms with Gasteiger partial charge in [0.25, 0.3) is 0 Å². The third kappa shape index (κ3) is 5.77. The summed E-state index contributed by atoms with van der Waals surface area (Å²) in [6.45, 7) is 6.80. The molecule has 0 radical (unpaired) electrons. The van der Waals surface area contributed by atoms with Crippen molar-refractivity contribution in [3.8, 4) is 0 Å². The molecule has 0 aromatic rings. The molecule has 0 amide bonds. The quantitative estimate of drug-likeness (QED) is 0.213. The first-order valence-electron chi connectivity index (χ1n) is 4.82. The highest BCUT2D eigenvalue weighted by molar-refractivity contribution is 5.84. The van der Waals surface area contributed by atoms with Crippen molar-refractivity contribution in [1.29, 1.82) is 0 Å². The molecule has 0 bridgehead atoms. The van der Waals surface area contributed by atoms with Crippen molar-refractivity contribution in [1.82, 2.24) is 0 Å². The molecule has 0 heterocycles. The van der Waals surface area contributed by atoms with Crippen molar-refractivity contribution in [2.75, 3.05) is 13.2 Å². The molecule has 0 aliphatic carbocycles. The number of oxime groups is 1. The van der Waals surface area contributed by atoms with Gasteiger partial charge in [0.1, 0.15) is 6.10 Å². The molecule has 0 rings (SSSR count). The van der Waals surface area contributed by atoms with Crippen LogP contribution in [0.2, 0.25) is 0 Å². The largest absolute Gasteiger partial charge is 0.409 e. The summed E-state index contributed by atoms with van der Waals surface area (Å²) in [7, 11) is 0. The first kappa shape index (κ1) is 13.2. The van der Waals surface area contributed by atoms with E-state index in [0.29, 0.717) is 19.6 Å².